The first-order valence-corrected chi connectivity index (χ1v) is 7.26. The van der Waals surface area contributed by atoms with Crippen molar-refractivity contribution in [3.8, 4) is 11.8 Å². The molecule has 1 fully saturated rings. The van der Waals surface area contributed by atoms with Crippen molar-refractivity contribution in [3.05, 3.63) is 29.3 Å². The molecule has 3 heteroatoms. The van der Waals surface area contributed by atoms with Crippen LogP contribution in [0.4, 0.5) is 0 Å². The van der Waals surface area contributed by atoms with E-state index in [4.69, 9.17) is 9.47 Å². The van der Waals surface area contributed by atoms with Crippen LogP contribution in [0.1, 0.15) is 44.7 Å². The molecule has 0 atom stereocenters. The smallest absolute Gasteiger partial charge is 0.137 e. The second-order valence-corrected chi connectivity index (χ2v) is 6.44. The summed E-state index contributed by atoms with van der Waals surface area (Å²) in [5.41, 5.74) is 1.84. The second-order valence-electron chi connectivity index (χ2n) is 6.44. The summed E-state index contributed by atoms with van der Waals surface area (Å²) in [4.78, 5) is 0. The highest BCUT2D eigenvalue weighted by Crippen LogP contribution is 2.28. The predicted octanol–water partition coefficient (Wildman–Crippen LogP) is 3.66. The van der Waals surface area contributed by atoms with Gasteiger partial charge in [0.2, 0.25) is 0 Å². The molecule has 0 spiro atoms. The number of nitrogens with zero attached hydrogens (tertiary/aromatic N) is 1. The Kier molecular flexibility index (Phi) is 4.67. The SMILES string of the molecule is CC(C)(C)c1ccc(OCC2CCOCC2)c(C#N)c1. The van der Waals surface area contributed by atoms with Crippen molar-refractivity contribution in [2.45, 2.75) is 39.0 Å². The number of hydrogen-bond acceptors (Lipinski definition) is 3. The number of ether oxygens (including phenoxy) is 2. The summed E-state index contributed by atoms with van der Waals surface area (Å²) in [5, 5.41) is 9.30. The van der Waals surface area contributed by atoms with E-state index in [-0.39, 0.29) is 5.41 Å². The molecule has 20 heavy (non-hydrogen) atoms. The third-order valence-corrected chi connectivity index (χ3v) is 3.78. The maximum atomic E-state index is 9.30. The topological polar surface area (TPSA) is 42.2 Å². The Labute approximate surface area is 121 Å². The summed E-state index contributed by atoms with van der Waals surface area (Å²) in [6.07, 6.45) is 2.09. The van der Waals surface area contributed by atoms with Gasteiger partial charge in [-0.05, 0) is 41.9 Å². The predicted molar refractivity (Wildman–Crippen MR) is 78.9 cm³/mol. The van der Waals surface area contributed by atoms with Gasteiger partial charge in [0.1, 0.15) is 11.8 Å². The lowest BCUT2D eigenvalue weighted by Crippen LogP contribution is -2.21. The number of nitriles is 1. The largest absolute Gasteiger partial charge is 0.492 e. The van der Waals surface area contributed by atoms with Crippen LogP contribution in [0.5, 0.6) is 5.75 Å². The molecule has 1 aromatic rings. The molecule has 1 aliphatic heterocycles. The molecule has 0 aliphatic carbocycles. The van der Waals surface area contributed by atoms with Gasteiger partial charge < -0.3 is 9.47 Å². The number of rotatable bonds is 3. The Hall–Kier alpha value is -1.53. The van der Waals surface area contributed by atoms with Crippen LogP contribution in [0, 0.1) is 17.2 Å². The third kappa shape index (κ3) is 3.74. The third-order valence-electron chi connectivity index (χ3n) is 3.78. The van der Waals surface area contributed by atoms with Gasteiger partial charge in [-0.3, -0.25) is 0 Å². The summed E-state index contributed by atoms with van der Waals surface area (Å²) in [6.45, 7) is 8.75. The fourth-order valence-corrected chi connectivity index (χ4v) is 2.33. The van der Waals surface area contributed by atoms with Gasteiger partial charge in [-0.15, -0.1) is 0 Å². The van der Waals surface area contributed by atoms with E-state index >= 15 is 0 Å². The highest BCUT2D eigenvalue weighted by atomic mass is 16.5. The lowest BCUT2D eigenvalue weighted by Gasteiger charge is -2.23. The lowest BCUT2D eigenvalue weighted by atomic mass is 9.86. The lowest BCUT2D eigenvalue weighted by molar-refractivity contribution is 0.0497. The molecule has 0 radical (unpaired) electrons. The van der Waals surface area contributed by atoms with E-state index < -0.39 is 0 Å². The molecule has 0 amide bonds. The van der Waals surface area contributed by atoms with Gasteiger partial charge in [-0.2, -0.15) is 5.26 Å². The normalized spacial score (nSPS) is 16.7. The second kappa shape index (κ2) is 6.28. The first-order valence-electron chi connectivity index (χ1n) is 7.26. The Morgan fingerprint density at radius 3 is 2.60 bits per heavy atom. The molecular weight excluding hydrogens is 250 g/mol. The van der Waals surface area contributed by atoms with E-state index in [1.807, 2.05) is 12.1 Å². The molecule has 0 unspecified atom stereocenters. The fourth-order valence-electron chi connectivity index (χ4n) is 2.33. The van der Waals surface area contributed by atoms with Crippen molar-refractivity contribution in [1.82, 2.24) is 0 Å². The van der Waals surface area contributed by atoms with E-state index in [2.05, 4.69) is 32.9 Å². The van der Waals surface area contributed by atoms with Gasteiger partial charge in [0.15, 0.2) is 0 Å². The Morgan fingerprint density at radius 1 is 1.30 bits per heavy atom. The average molecular weight is 273 g/mol. The van der Waals surface area contributed by atoms with E-state index in [9.17, 15) is 5.26 Å². The van der Waals surface area contributed by atoms with Crippen molar-refractivity contribution in [2.24, 2.45) is 5.92 Å². The van der Waals surface area contributed by atoms with Crippen LogP contribution in [0.2, 0.25) is 0 Å². The first-order chi connectivity index (χ1) is 9.50. The molecule has 0 N–H and O–H groups in total. The molecule has 1 saturated heterocycles. The van der Waals surface area contributed by atoms with Crippen LogP contribution in [0.3, 0.4) is 0 Å². The summed E-state index contributed by atoms with van der Waals surface area (Å²) < 4.78 is 11.2. The molecule has 108 valence electrons. The van der Waals surface area contributed by atoms with E-state index in [1.54, 1.807) is 0 Å². The van der Waals surface area contributed by atoms with Gasteiger partial charge in [-0.1, -0.05) is 26.8 Å². The molecule has 0 saturated carbocycles. The van der Waals surface area contributed by atoms with Gasteiger partial charge in [0.05, 0.1) is 12.2 Å². The standard InChI is InChI=1S/C17H23NO2/c1-17(2,3)15-4-5-16(14(10-15)11-18)20-12-13-6-8-19-9-7-13/h4-5,10,13H,6-9,12H2,1-3H3. The maximum absolute atomic E-state index is 9.30. The minimum absolute atomic E-state index is 0.0465. The van der Waals surface area contributed by atoms with Crippen molar-refractivity contribution in [3.63, 3.8) is 0 Å². The minimum atomic E-state index is 0.0465. The molecule has 3 nitrogen and oxygen atoms in total. The van der Waals surface area contributed by atoms with Crippen LogP contribution >= 0.6 is 0 Å². The highest BCUT2D eigenvalue weighted by molar-refractivity contribution is 5.46. The Bertz CT molecular complexity index is 491. The van der Waals surface area contributed by atoms with Crippen LogP contribution in [0.15, 0.2) is 18.2 Å². The van der Waals surface area contributed by atoms with Crippen molar-refractivity contribution < 1.29 is 9.47 Å². The van der Waals surface area contributed by atoms with Gasteiger partial charge >= 0.3 is 0 Å². The summed E-state index contributed by atoms with van der Waals surface area (Å²) in [6, 6.07) is 8.17. The molecular formula is C17H23NO2. The zero-order chi connectivity index (χ0) is 14.6. The van der Waals surface area contributed by atoms with Crippen LogP contribution in [-0.2, 0) is 10.2 Å². The van der Waals surface area contributed by atoms with Gasteiger partial charge in [0.25, 0.3) is 0 Å². The number of benzene rings is 1. The molecule has 1 heterocycles. The van der Waals surface area contributed by atoms with Crippen LogP contribution in [-0.4, -0.2) is 19.8 Å². The molecule has 0 aromatic heterocycles. The minimum Gasteiger partial charge on any atom is -0.492 e. The summed E-state index contributed by atoms with van der Waals surface area (Å²) in [5.74, 6) is 1.24. The monoisotopic (exact) mass is 273 g/mol. The molecule has 1 aromatic carbocycles. The number of hydrogen-bond donors (Lipinski definition) is 0. The van der Waals surface area contributed by atoms with E-state index in [1.165, 1.54) is 0 Å². The summed E-state index contributed by atoms with van der Waals surface area (Å²) in [7, 11) is 0. The maximum Gasteiger partial charge on any atom is 0.137 e. The van der Waals surface area contributed by atoms with Crippen LogP contribution < -0.4 is 4.74 Å². The van der Waals surface area contributed by atoms with Crippen molar-refractivity contribution in [1.29, 1.82) is 5.26 Å². The molecule has 0 bridgehead atoms. The fraction of sp³-hybridized carbons (Fsp3) is 0.588. The Balaban J connectivity index is 2.06. The van der Waals surface area contributed by atoms with Crippen LogP contribution in [0.25, 0.3) is 0 Å². The molecule has 1 aliphatic rings. The zero-order valence-electron chi connectivity index (χ0n) is 12.6. The molecule has 2 rings (SSSR count). The first kappa shape index (κ1) is 14.9. The van der Waals surface area contributed by atoms with E-state index in [0.717, 1.165) is 31.6 Å². The van der Waals surface area contributed by atoms with Crippen molar-refractivity contribution in [2.75, 3.05) is 19.8 Å². The Morgan fingerprint density at radius 2 is 2.00 bits per heavy atom. The van der Waals surface area contributed by atoms with Gasteiger partial charge in [-0.25, -0.2) is 0 Å². The zero-order valence-corrected chi connectivity index (χ0v) is 12.6. The van der Waals surface area contributed by atoms with Gasteiger partial charge in [0, 0.05) is 13.2 Å². The quantitative estimate of drug-likeness (QED) is 0.844. The summed E-state index contributed by atoms with van der Waals surface area (Å²) >= 11 is 0. The van der Waals surface area contributed by atoms with E-state index in [0.29, 0.717) is 23.8 Å². The average Bonchev–Trinajstić information content (AvgIpc) is 2.45. The van der Waals surface area contributed by atoms with Crippen molar-refractivity contribution >= 4 is 0 Å². The highest BCUT2D eigenvalue weighted by Gasteiger charge is 2.18.